The first-order valence-corrected chi connectivity index (χ1v) is 11.1. The number of H-pyrrole nitrogens is 1. The number of rotatable bonds is 6. The molecule has 10 heteroatoms. The highest BCUT2D eigenvalue weighted by molar-refractivity contribution is 5.92. The van der Waals surface area contributed by atoms with Gasteiger partial charge in [0.15, 0.2) is 0 Å². The van der Waals surface area contributed by atoms with Gasteiger partial charge in [-0.25, -0.2) is 4.79 Å². The number of ether oxygens (including phenoxy) is 1. The molecule has 0 saturated carbocycles. The maximum atomic E-state index is 12.7. The second-order valence-electron chi connectivity index (χ2n) is 8.35. The summed E-state index contributed by atoms with van der Waals surface area (Å²) < 4.78 is 5.47. The predicted molar refractivity (Wildman–Crippen MR) is 121 cm³/mol. The van der Waals surface area contributed by atoms with Gasteiger partial charge in [0.25, 0.3) is 11.9 Å². The van der Waals surface area contributed by atoms with Gasteiger partial charge in [-0.05, 0) is 35.1 Å². The van der Waals surface area contributed by atoms with Crippen molar-refractivity contribution in [2.45, 2.75) is 31.2 Å². The molecule has 5 rings (SSSR count). The van der Waals surface area contributed by atoms with Crippen LogP contribution < -0.4 is 5.32 Å². The lowest BCUT2D eigenvalue weighted by atomic mass is 9.98. The Hall–Kier alpha value is -4.21. The van der Waals surface area contributed by atoms with Gasteiger partial charge in [0.2, 0.25) is 5.82 Å². The minimum absolute atomic E-state index is 0.0637. The molecule has 10 nitrogen and oxygen atoms in total. The van der Waals surface area contributed by atoms with E-state index in [2.05, 4.69) is 32.6 Å². The van der Waals surface area contributed by atoms with Crippen molar-refractivity contribution >= 4 is 23.9 Å². The van der Waals surface area contributed by atoms with Crippen LogP contribution in [-0.4, -0.2) is 62.4 Å². The molecule has 34 heavy (non-hydrogen) atoms. The standard InChI is InChI=1S/C24H23N5O5/c30-20(31)12-14-6-5-11-29(14)22(32)21-25-23(28-27-21)26-24(33)34-13-19-17-9-3-1-7-15(17)16-8-2-4-10-18(16)19/h1-4,7-10,14,19H,5-6,11-13H2,(H,30,31)(H2,25,26,27,28,33)/t14-/m1/s1. The maximum Gasteiger partial charge on any atom is 0.414 e. The van der Waals surface area contributed by atoms with Crippen molar-refractivity contribution in [1.29, 1.82) is 0 Å². The average molecular weight is 461 g/mol. The fourth-order valence-electron chi connectivity index (χ4n) is 4.79. The number of benzene rings is 2. The van der Waals surface area contributed by atoms with Gasteiger partial charge >= 0.3 is 12.1 Å². The zero-order valence-electron chi connectivity index (χ0n) is 18.2. The lowest BCUT2D eigenvalue weighted by Gasteiger charge is -2.21. The number of carbonyl (C=O) groups is 3. The van der Waals surface area contributed by atoms with Crippen LogP contribution in [0.5, 0.6) is 0 Å². The van der Waals surface area contributed by atoms with Crippen molar-refractivity contribution in [3.8, 4) is 11.1 Å². The normalized spacial score (nSPS) is 16.7. The molecule has 2 aliphatic rings. The third-order valence-electron chi connectivity index (χ3n) is 6.29. The van der Waals surface area contributed by atoms with Crippen LogP contribution >= 0.6 is 0 Å². The smallest absolute Gasteiger partial charge is 0.414 e. The van der Waals surface area contributed by atoms with Gasteiger partial charge in [-0.1, -0.05) is 48.5 Å². The highest BCUT2D eigenvalue weighted by Gasteiger charge is 2.33. The van der Waals surface area contributed by atoms with Crippen LogP contribution in [0.15, 0.2) is 48.5 Å². The molecule has 1 atom stereocenters. The molecule has 1 saturated heterocycles. The zero-order chi connectivity index (χ0) is 23.7. The molecule has 174 valence electrons. The summed E-state index contributed by atoms with van der Waals surface area (Å²) >= 11 is 0. The molecule has 0 spiro atoms. The highest BCUT2D eigenvalue weighted by atomic mass is 16.5. The Labute approximate surface area is 195 Å². The van der Waals surface area contributed by atoms with Gasteiger partial charge in [0, 0.05) is 18.5 Å². The first kappa shape index (κ1) is 21.6. The molecule has 2 amide bonds. The second-order valence-corrected chi connectivity index (χ2v) is 8.35. The van der Waals surface area contributed by atoms with Gasteiger partial charge in [0.05, 0.1) is 6.42 Å². The first-order chi connectivity index (χ1) is 16.5. The first-order valence-electron chi connectivity index (χ1n) is 11.1. The van der Waals surface area contributed by atoms with Crippen molar-refractivity contribution in [2.75, 3.05) is 18.5 Å². The molecule has 2 aromatic carbocycles. The van der Waals surface area contributed by atoms with Gasteiger partial charge < -0.3 is 14.7 Å². The van der Waals surface area contributed by atoms with E-state index in [-0.39, 0.29) is 36.8 Å². The second kappa shape index (κ2) is 8.97. The van der Waals surface area contributed by atoms with Crippen molar-refractivity contribution in [3.63, 3.8) is 0 Å². The van der Waals surface area contributed by atoms with E-state index >= 15 is 0 Å². The number of aromatic amines is 1. The van der Waals surface area contributed by atoms with Gasteiger partial charge in [-0.2, -0.15) is 4.98 Å². The molecule has 3 aromatic rings. The van der Waals surface area contributed by atoms with E-state index in [1.165, 1.54) is 4.90 Å². The summed E-state index contributed by atoms with van der Waals surface area (Å²) in [4.78, 5) is 41.7. The topological polar surface area (TPSA) is 138 Å². The Bertz CT molecular complexity index is 1210. The Balaban J connectivity index is 1.21. The van der Waals surface area contributed by atoms with Crippen LogP contribution in [0.1, 0.15) is 46.9 Å². The molecular formula is C24H23N5O5. The number of aromatic nitrogens is 3. The van der Waals surface area contributed by atoms with Crippen molar-refractivity contribution in [2.24, 2.45) is 0 Å². The molecule has 1 aliphatic heterocycles. The van der Waals surface area contributed by atoms with Gasteiger partial charge in [-0.15, -0.1) is 5.10 Å². The zero-order valence-corrected chi connectivity index (χ0v) is 18.2. The summed E-state index contributed by atoms with van der Waals surface area (Å²) in [5.41, 5.74) is 4.47. The summed E-state index contributed by atoms with van der Waals surface area (Å²) in [5.74, 6) is -1.64. The largest absolute Gasteiger partial charge is 0.481 e. The van der Waals surface area contributed by atoms with E-state index in [0.717, 1.165) is 28.7 Å². The Morgan fingerprint density at radius 1 is 1.09 bits per heavy atom. The van der Waals surface area contributed by atoms with E-state index in [4.69, 9.17) is 9.84 Å². The Morgan fingerprint density at radius 2 is 1.76 bits per heavy atom. The molecule has 1 aromatic heterocycles. The van der Waals surface area contributed by atoms with Gasteiger partial charge in [0.1, 0.15) is 6.61 Å². The number of likely N-dealkylation sites (tertiary alicyclic amines) is 1. The molecular weight excluding hydrogens is 438 g/mol. The fourth-order valence-corrected chi connectivity index (χ4v) is 4.79. The Morgan fingerprint density at radius 3 is 2.44 bits per heavy atom. The summed E-state index contributed by atoms with van der Waals surface area (Å²) in [6, 6.07) is 15.7. The number of nitrogens with one attached hydrogen (secondary N) is 2. The van der Waals surface area contributed by atoms with Crippen molar-refractivity contribution in [1.82, 2.24) is 20.1 Å². The molecule has 1 fully saturated rings. The van der Waals surface area contributed by atoms with E-state index in [1.54, 1.807) is 0 Å². The summed E-state index contributed by atoms with van der Waals surface area (Å²) in [5, 5.41) is 17.9. The number of carboxylic acid groups (broad SMARTS) is 1. The third-order valence-corrected chi connectivity index (χ3v) is 6.29. The number of hydrogen-bond donors (Lipinski definition) is 3. The molecule has 3 N–H and O–H groups in total. The van der Waals surface area contributed by atoms with Crippen LogP contribution in [0.4, 0.5) is 10.7 Å². The number of hydrogen-bond acceptors (Lipinski definition) is 6. The lowest BCUT2D eigenvalue weighted by Crippen LogP contribution is -2.37. The predicted octanol–water partition coefficient (Wildman–Crippen LogP) is 3.25. The minimum atomic E-state index is -0.958. The molecule has 2 heterocycles. The molecule has 1 aliphatic carbocycles. The number of anilines is 1. The number of nitrogens with zero attached hydrogens (tertiary/aromatic N) is 3. The van der Waals surface area contributed by atoms with Crippen LogP contribution in [0.3, 0.4) is 0 Å². The van der Waals surface area contributed by atoms with Crippen molar-refractivity contribution in [3.05, 3.63) is 65.5 Å². The highest BCUT2D eigenvalue weighted by Crippen LogP contribution is 2.44. The van der Waals surface area contributed by atoms with E-state index in [9.17, 15) is 14.4 Å². The number of aliphatic carboxylic acids is 1. The van der Waals surface area contributed by atoms with Gasteiger partial charge in [-0.3, -0.25) is 20.0 Å². The lowest BCUT2D eigenvalue weighted by molar-refractivity contribution is -0.137. The summed E-state index contributed by atoms with van der Waals surface area (Å²) in [6.45, 7) is 0.591. The number of amides is 2. The SMILES string of the molecule is O=C(O)C[C@H]1CCCN1C(=O)c1nc(NC(=O)OCC2c3ccccc3-c3ccccc32)n[nH]1. The van der Waals surface area contributed by atoms with E-state index in [0.29, 0.717) is 13.0 Å². The van der Waals surface area contributed by atoms with Crippen LogP contribution in [0.25, 0.3) is 11.1 Å². The average Bonchev–Trinajstić information content (AvgIpc) is 3.55. The Kier molecular flexibility index (Phi) is 5.70. The summed E-state index contributed by atoms with van der Waals surface area (Å²) in [6.07, 6.45) is 0.495. The minimum Gasteiger partial charge on any atom is -0.481 e. The van der Waals surface area contributed by atoms with Crippen LogP contribution in [0.2, 0.25) is 0 Å². The molecule has 0 radical (unpaired) electrons. The third kappa shape index (κ3) is 4.09. The van der Waals surface area contributed by atoms with E-state index in [1.807, 2.05) is 36.4 Å². The summed E-state index contributed by atoms with van der Waals surface area (Å²) in [7, 11) is 0. The van der Waals surface area contributed by atoms with Crippen LogP contribution in [-0.2, 0) is 9.53 Å². The number of fused-ring (bicyclic) bond motifs is 3. The van der Waals surface area contributed by atoms with Crippen LogP contribution in [0, 0.1) is 0 Å². The quantitative estimate of drug-likeness (QED) is 0.512. The monoisotopic (exact) mass is 461 g/mol. The number of carboxylic acids is 1. The number of carbonyl (C=O) groups excluding carboxylic acids is 2. The maximum absolute atomic E-state index is 12.7. The fraction of sp³-hybridized carbons (Fsp3) is 0.292. The molecule has 0 bridgehead atoms. The van der Waals surface area contributed by atoms with E-state index < -0.39 is 18.0 Å². The molecule has 0 unspecified atom stereocenters. The van der Waals surface area contributed by atoms with Crippen molar-refractivity contribution < 1.29 is 24.2 Å².